The monoisotopic (exact) mass is 375 g/mol. The highest BCUT2D eigenvalue weighted by Crippen LogP contribution is 2.33. The Labute approximate surface area is 152 Å². The lowest BCUT2D eigenvalue weighted by Crippen LogP contribution is -2.25. The zero-order valence-electron chi connectivity index (χ0n) is 14.4. The summed E-state index contributed by atoms with van der Waals surface area (Å²) in [6.45, 7) is 1.52. The molecule has 0 radical (unpaired) electrons. The minimum absolute atomic E-state index is 0.0486. The van der Waals surface area contributed by atoms with Crippen LogP contribution in [-0.4, -0.2) is 27.2 Å². The van der Waals surface area contributed by atoms with Crippen LogP contribution in [0.2, 0.25) is 0 Å². The molecule has 3 heterocycles. The third-order valence-corrected chi connectivity index (χ3v) is 4.60. The Kier molecular flexibility index (Phi) is 4.11. The van der Waals surface area contributed by atoms with Crippen LogP contribution in [0.1, 0.15) is 27.2 Å². The number of nitrogens with one attached hydrogen (secondary N) is 2. The SMILES string of the molecule is Cn1nc(C(F)(F)F)c2cc(C(=O)Nc3cccc4c3CCNC4)cnc21. The van der Waals surface area contributed by atoms with Crippen molar-refractivity contribution in [1.82, 2.24) is 20.1 Å². The minimum atomic E-state index is -4.62. The van der Waals surface area contributed by atoms with Crippen LogP contribution < -0.4 is 10.6 Å². The fourth-order valence-corrected chi connectivity index (χ4v) is 3.32. The molecule has 3 aromatic rings. The van der Waals surface area contributed by atoms with Gasteiger partial charge in [0, 0.05) is 25.5 Å². The van der Waals surface area contributed by atoms with E-state index in [0.29, 0.717) is 5.69 Å². The highest BCUT2D eigenvalue weighted by molar-refractivity contribution is 6.06. The van der Waals surface area contributed by atoms with Crippen LogP contribution in [0, 0.1) is 0 Å². The lowest BCUT2D eigenvalue weighted by Gasteiger charge is -2.20. The number of aryl methyl sites for hydroxylation is 1. The van der Waals surface area contributed by atoms with Crippen molar-refractivity contribution in [3.05, 3.63) is 52.8 Å². The molecule has 1 aliphatic heterocycles. The van der Waals surface area contributed by atoms with Gasteiger partial charge in [0.2, 0.25) is 0 Å². The number of rotatable bonds is 2. The van der Waals surface area contributed by atoms with E-state index in [1.165, 1.54) is 19.3 Å². The van der Waals surface area contributed by atoms with Gasteiger partial charge < -0.3 is 10.6 Å². The van der Waals surface area contributed by atoms with Crippen LogP contribution in [0.5, 0.6) is 0 Å². The number of amides is 1. The number of carbonyl (C=O) groups is 1. The Balaban J connectivity index is 1.70. The summed E-state index contributed by atoms with van der Waals surface area (Å²) in [5.74, 6) is -0.506. The molecule has 0 atom stereocenters. The normalized spacial score (nSPS) is 14.2. The quantitative estimate of drug-likeness (QED) is 0.723. The summed E-state index contributed by atoms with van der Waals surface area (Å²) < 4.78 is 40.6. The molecule has 0 bridgehead atoms. The standard InChI is InChI=1S/C18H16F3N5O/c1-26-16-13(15(25-26)18(19,20)21)7-11(9-23-16)17(27)24-14-4-2-3-10-8-22-6-5-12(10)14/h2-4,7,9,22H,5-6,8H2,1H3,(H,24,27). The first-order valence-electron chi connectivity index (χ1n) is 8.37. The Hall–Kier alpha value is -2.94. The first-order valence-corrected chi connectivity index (χ1v) is 8.37. The summed E-state index contributed by atoms with van der Waals surface area (Å²) in [5.41, 5.74) is 1.87. The van der Waals surface area contributed by atoms with E-state index in [9.17, 15) is 18.0 Å². The Morgan fingerprint density at radius 1 is 1.33 bits per heavy atom. The van der Waals surface area contributed by atoms with Gasteiger partial charge in [0.25, 0.3) is 5.91 Å². The molecule has 6 nitrogen and oxygen atoms in total. The predicted octanol–water partition coefficient (Wildman–Crippen LogP) is 2.89. The molecule has 140 valence electrons. The average Bonchev–Trinajstić information content (AvgIpc) is 2.98. The smallest absolute Gasteiger partial charge is 0.322 e. The molecule has 2 aromatic heterocycles. The fourth-order valence-electron chi connectivity index (χ4n) is 3.32. The molecule has 4 rings (SSSR count). The number of carbonyl (C=O) groups excluding carboxylic acids is 1. The predicted molar refractivity (Wildman–Crippen MR) is 93.3 cm³/mol. The number of hydrogen-bond acceptors (Lipinski definition) is 4. The van der Waals surface area contributed by atoms with Crippen LogP contribution in [0.15, 0.2) is 30.5 Å². The van der Waals surface area contributed by atoms with Crippen molar-refractivity contribution >= 4 is 22.6 Å². The Morgan fingerprint density at radius 2 is 2.15 bits per heavy atom. The molecule has 0 saturated heterocycles. The third kappa shape index (κ3) is 3.14. The van der Waals surface area contributed by atoms with Crippen molar-refractivity contribution in [2.45, 2.75) is 19.1 Å². The number of aromatic nitrogens is 3. The lowest BCUT2D eigenvalue weighted by molar-refractivity contribution is -0.140. The van der Waals surface area contributed by atoms with Gasteiger partial charge in [-0.05, 0) is 36.2 Å². The van der Waals surface area contributed by atoms with Crippen molar-refractivity contribution < 1.29 is 18.0 Å². The van der Waals surface area contributed by atoms with Crippen molar-refractivity contribution in [3.63, 3.8) is 0 Å². The molecular weight excluding hydrogens is 359 g/mol. The summed E-state index contributed by atoms with van der Waals surface area (Å²) in [4.78, 5) is 16.6. The van der Waals surface area contributed by atoms with Gasteiger partial charge in [0.05, 0.1) is 10.9 Å². The molecule has 1 amide bonds. The van der Waals surface area contributed by atoms with E-state index in [1.54, 1.807) is 6.07 Å². The van der Waals surface area contributed by atoms with E-state index in [2.05, 4.69) is 20.7 Å². The first kappa shape index (κ1) is 17.5. The minimum Gasteiger partial charge on any atom is -0.322 e. The topological polar surface area (TPSA) is 71.8 Å². The van der Waals surface area contributed by atoms with Gasteiger partial charge in [-0.25, -0.2) is 9.67 Å². The van der Waals surface area contributed by atoms with Crippen LogP contribution in [0.3, 0.4) is 0 Å². The van der Waals surface area contributed by atoms with Gasteiger partial charge in [-0.15, -0.1) is 0 Å². The molecule has 0 aliphatic carbocycles. The van der Waals surface area contributed by atoms with Gasteiger partial charge in [-0.2, -0.15) is 18.3 Å². The van der Waals surface area contributed by atoms with Crippen molar-refractivity contribution in [2.75, 3.05) is 11.9 Å². The number of alkyl halides is 3. The maximum atomic E-state index is 13.2. The van der Waals surface area contributed by atoms with Crippen LogP contribution >= 0.6 is 0 Å². The molecule has 1 aromatic carbocycles. The van der Waals surface area contributed by atoms with Gasteiger partial charge in [0.1, 0.15) is 0 Å². The average molecular weight is 375 g/mol. The molecule has 0 unspecified atom stereocenters. The number of benzene rings is 1. The molecule has 0 fully saturated rings. The maximum Gasteiger partial charge on any atom is 0.435 e. The number of anilines is 1. The van der Waals surface area contributed by atoms with E-state index in [0.717, 1.165) is 35.3 Å². The number of fused-ring (bicyclic) bond motifs is 2. The highest BCUT2D eigenvalue weighted by Gasteiger charge is 2.37. The second-order valence-electron chi connectivity index (χ2n) is 6.39. The zero-order valence-corrected chi connectivity index (χ0v) is 14.4. The summed E-state index contributed by atoms with van der Waals surface area (Å²) in [5, 5.41) is 9.35. The molecule has 27 heavy (non-hydrogen) atoms. The fraction of sp³-hybridized carbons (Fsp3) is 0.278. The van der Waals surface area contributed by atoms with Gasteiger partial charge in [0.15, 0.2) is 11.3 Å². The van der Waals surface area contributed by atoms with Crippen molar-refractivity contribution in [2.24, 2.45) is 7.05 Å². The van der Waals surface area contributed by atoms with E-state index < -0.39 is 17.8 Å². The number of hydrogen-bond donors (Lipinski definition) is 2. The Bertz CT molecular complexity index is 1040. The molecular formula is C18H16F3N5O. The van der Waals surface area contributed by atoms with Gasteiger partial charge in [-0.1, -0.05) is 12.1 Å². The lowest BCUT2D eigenvalue weighted by atomic mass is 9.99. The van der Waals surface area contributed by atoms with Crippen LogP contribution in [-0.2, 0) is 26.2 Å². The van der Waals surface area contributed by atoms with E-state index >= 15 is 0 Å². The molecule has 0 saturated carbocycles. The van der Waals surface area contributed by atoms with E-state index in [4.69, 9.17) is 0 Å². The summed E-state index contributed by atoms with van der Waals surface area (Å²) in [6, 6.07) is 6.80. The zero-order chi connectivity index (χ0) is 19.2. The second kappa shape index (κ2) is 6.34. The molecule has 2 N–H and O–H groups in total. The van der Waals surface area contributed by atoms with Crippen molar-refractivity contribution in [3.8, 4) is 0 Å². The molecule has 9 heteroatoms. The summed E-state index contributed by atoms with van der Waals surface area (Å²) >= 11 is 0. The first-order chi connectivity index (χ1) is 12.8. The highest BCUT2D eigenvalue weighted by atomic mass is 19.4. The largest absolute Gasteiger partial charge is 0.435 e. The molecule has 1 aliphatic rings. The number of nitrogens with zero attached hydrogens (tertiary/aromatic N) is 3. The van der Waals surface area contributed by atoms with Crippen molar-refractivity contribution in [1.29, 1.82) is 0 Å². The van der Waals surface area contributed by atoms with E-state index in [-0.39, 0.29) is 16.6 Å². The van der Waals surface area contributed by atoms with Crippen LogP contribution in [0.4, 0.5) is 18.9 Å². The second-order valence-corrected chi connectivity index (χ2v) is 6.39. The summed E-state index contributed by atoms with van der Waals surface area (Å²) in [6.07, 6.45) is -2.60. The number of halogens is 3. The van der Waals surface area contributed by atoms with Gasteiger partial charge in [-0.3, -0.25) is 4.79 Å². The third-order valence-electron chi connectivity index (χ3n) is 4.60. The maximum absolute atomic E-state index is 13.2. The van der Waals surface area contributed by atoms with E-state index in [1.807, 2.05) is 12.1 Å². The number of pyridine rings is 1. The summed E-state index contributed by atoms with van der Waals surface area (Å²) in [7, 11) is 1.38. The van der Waals surface area contributed by atoms with Crippen LogP contribution in [0.25, 0.3) is 11.0 Å². The van der Waals surface area contributed by atoms with Gasteiger partial charge >= 0.3 is 6.18 Å². The Morgan fingerprint density at radius 3 is 2.93 bits per heavy atom. The molecule has 0 spiro atoms.